The number of amides is 1. The van der Waals surface area contributed by atoms with Gasteiger partial charge in [0.2, 0.25) is 5.13 Å². The number of benzene rings is 2. The zero-order valence-electron chi connectivity index (χ0n) is 16.1. The van der Waals surface area contributed by atoms with E-state index >= 15 is 0 Å². The number of carbonyl (C=O) groups is 1. The van der Waals surface area contributed by atoms with Crippen molar-refractivity contribution in [3.05, 3.63) is 45.9 Å². The number of nitrogens with one attached hydrogen (secondary N) is 2. The predicted molar refractivity (Wildman–Crippen MR) is 120 cm³/mol. The van der Waals surface area contributed by atoms with Crippen molar-refractivity contribution in [2.75, 3.05) is 17.3 Å². The quantitative estimate of drug-likeness (QED) is 0.376. The molecule has 2 aromatic carbocycles. The average molecular weight is 461 g/mol. The van der Waals surface area contributed by atoms with Crippen molar-refractivity contribution in [1.29, 1.82) is 0 Å². The number of hydrazone groups is 1. The van der Waals surface area contributed by atoms with Crippen molar-refractivity contribution in [3.8, 4) is 5.75 Å². The Balaban J connectivity index is 1.75. The molecule has 3 rings (SSSR count). The molecule has 0 bridgehead atoms. The second kappa shape index (κ2) is 8.70. The van der Waals surface area contributed by atoms with Gasteiger partial charge in [0, 0.05) is 15.9 Å². The fourth-order valence-electron chi connectivity index (χ4n) is 2.64. The molecule has 0 atom stereocenters. The maximum absolute atomic E-state index is 12.4. The van der Waals surface area contributed by atoms with Crippen molar-refractivity contribution in [2.24, 2.45) is 5.10 Å². The first-order chi connectivity index (χ1) is 13.3. The molecular weight excluding hydrogens is 440 g/mol. The van der Waals surface area contributed by atoms with E-state index in [1.165, 1.54) is 11.3 Å². The van der Waals surface area contributed by atoms with Crippen LogP contribution in [0.5, 0.6) is 5.75 Å². The minimum atomic E-state index is -0.206. The highest BCUT2D eigenvalue weighted by molar-refractivity contribution is 9.10. The van der Waals surface area contributed by atoms with Gasteiger partial charge in [0.15, 0.2) is 6.61 Å². The summed E-state index contributed by atoms with van der Waals surface area (Å²) in [6.45, 7) is 7.72. The molecule has 0 saturated carbocycles. The van der Waals surface area contributed by atoms with Gasteiger partial charge < -0.3 is 10.1 Å². The van der Waals surface area contributed by atoms with E-state index in [0.29, 0.717) is 5.75 Å². The molecule has 2 N–H and O–H groups in total. The van der Waals surface area contributed by atoms with Crippen LogP contribution in [-0.4, -0.2) is 23.2 Å². The molecule has 3 aromatic rings. The number of rotatable bonds is 6. The van der Waals surface area contributed by atoms with Gasteiger partial charge in [-0.3, -0.25) is 10.2 Å². The summed E-state index contributed by atoms with van der Waals surface area (Å²) in [5.41, 5.74) is 7.50. The summed E-state index contributed by atoms with van der Waals surface area (Å²) in [4.78, 5) is 17.0. The van der Waals surface area contributed by atoms with Gasteiger partial charge in [0.25, 0.3) is 5.91 Å². The summed E-state index contributed by atoms with van der Waals surface area (Å²) in [7, 11) is 0. The van der Waals surface area contributed by atoms with E-state index < -0.39 is 0 Å². The molecule has 8 heteroatoms. The zero-order chi connectivity index (χ0) is 20.3. The summed E-state index contributed by atoms with van der Waals surface area (Å²) in [6.07, 6.45) is 0. The van der Waals surface area contributed by atoms with Gasteiger partial charge >= 0.3 is 0 Å². The van der Waals surface area contributed by atoms with Crippen LogP contribution in [0.15, 0.2) is 39.9 Å². The number of anilines is 2. The molecule has 1 aromatic heterocycles. The molecule has 0 aliphatic carbocycles. The third-order valence-corrected chi connectivity index (χ3v) is 5.56. The Bertz CT molecular complexity index is 1040. The van der Waals surface area contributed by atoms with Crippen molar-refractivity contribution < 1.29 is 9.53 Å². The largest absolute Gasteiger partial charge is 0.484 e. The molecule has 146 valence electrons. The number of thiazole rings is 1. The second-order valence-electron chi connectivity index (χ2n) is 6.52. The van der Waals surface area contributed by atoms with E-state index in [-0.39, 0.29) is 12.5 Å². The Morgan fingerprint density at radius 1 is 1.25 bits per heavy atom. The van der Waals surface area contributed by atoms with Crippen molar-refractivity contribution in [3.63, 3.8) is 0 Å². The van der Waals surface area contributed by atoms with Crippen LogP contribution in [0, 0.1) is 13.8 Å². The Labute approximate surface area is 176 Å². The van der Waals surface area contributed by atoms with Crippen LogP contribution in [0.1, 0.15) is 25.0 Å². The van der Waals surface area contributed by atoms with Crippen molar-refractivity contribution in [1.82, 2.24) is 4.98 Å². The number of fused-ring (bicyclic) bond motifs is 1. The highest BCUT2D eigenvalue weighted by Crippen LogP contribution is 2.35. The molecule has 0 saturated heterocycles. The lowest BCUT2D eigenvalue weighted by Gasteiger charge is -2.13. The summed E-state index contributed by atoms with van der Waals surface area (Å²) in [5.74, 6) is 0.440. The van der Waals surface area contributed by atoms with Crippen LogP contribution < -0.4 is 15.5 Å². The Morgan fingerprint density at radius 2 is 1.96 bits per heavy atom. The van der Waals surface area contributed by atoms with E-state index in [9.17, 15) is 4.79 Å². The van der Waals surface area contributed by atoms with E-state index in [4.69, 9.17) is 4.74 Å². The fraction of sp³-hybridized carbons (Fsp3) is 0.250. The smallest absolute Gasteiger partial charge is 0.262 e. The molecule has 6 nitrogen and oxygen atoms in total. The second-order valence-corrected chi connectivity index (χ2v) is 8.44. The fourth-order valence-corrected chi connectivity index (χ4v) is 3.80. The molecule has 0 spiro atoms. The first kappa shape index (κ1) is 20.3. The molecular formula is C20H21BrN4O2S. The normalized spacial score (nSPS) is 10.6. The Morgan fingerprint density at radius 3 is 2.64 bits per heavy atom. The van der Waals surface area contributed by atoms with Crippen LogP contribution in [-0.2, 0) is 4.79 Å². The number of carbonyl (C=O) groups excluding carboxylic acids is 1. The van der Waals surface area contributed by atoms with Crippen LogP contribution >= 0.6 is 27.3 Å². The van der Waals surface area contributed by atoms with E-state index in [2.05, 4.69) is 36.8 Å². The van der Waals surface area contributed by atoms with Crippen molar-refractivity contribution in [2.45, 2.75) is 27.7 Å². The topological polar surface area (TPSA) is 75.6 Å². The third-order valence-electron chi connectivity index (χ3n) is 3.94. The van der Waals surface area contributed by atoms with E-state index in [1.54, 1.807) is 0 Å². The van der Waals surface area contributed by atoms with Crippen molar-refractivity contribution >= 4 is 59.9 Å². The molecule has 1 amide bonds. The minimum absolute atomic E-state index is 0.0570. The number of ether oxygens (including phenoxy) is 1. The van der Waals surface area contributed by atoms with E-state index in [1.807, 2.05) is 58.0 Å². The lowest BCUT2D eigenvalue weighted by atomic mass is 10.1. The number of hydrogen-bond donors (Lipinski definition) is 2. The van der Waals surface area contributed by atoms with Gasteiger partial charge in [0.1, 0.15) is 5.75 Å². The van der Waals surface area contributed by atoms with Gasteiger partial charge in [-0.1, -0.05) is 27.3 Å². The van der Waals surface area contributed by atoms with Gasteiger partial charge in [-0.05, 0) is 69.2 Å². The lowest BCUT2D eigenvalue weighted by Crippen LogP contribution is -2.21. The molecule has 0 radical (unpaired) electrons. The number of halogens is 1. The van der Waals surface area contributed by atoms with Crippen LogP contribution in [0.2, 0.25) is 0 Å². The van der Waals surface area contributed by atoms with Gasteiger partial charge in [-0.25, -0.2) is 4.98 Å². The molecule has 0 unspecified atom stereocenters. The first-order valence-corrected chi connectivity index (χ1v) is 10.3. The lowest BCUT2D eigenvalue weighted by molar-refractivity contribution is -0.118. The summed E-state index contributed by atoms with van der Waals surface area (Å²) in [5, 5.41) is 7.89. The minimum Gasteiger partial charge on any atom is -0.484 e. The Kier molecular flexibility index (Phi) is 6.31. The van der Waals surface area contributed by atoms with Gasteiger partial charge in [-0.2, -0.15) is 5.10 Å². The number of nitrogens with zero attached hydrogens (tertiary/aromatic N) is 2. The number of aromatic nitrogens is 1. The first-order valence-electron chi connectivity index (χ1n) is 8.69. The maximum atomic E-state index is 12.4. The maximum Gasteiger partial charge on any atom is 0.262 e. The standard InChI is InChI=1S/C20H21BrN4O2S/c1-11(2)24-25-20-22-16-9-12(3)18(13(4)19(16)28-20)23-17(26)10-27-15-7-5-14(21)6-8-15/h5-9H,10H2,1-4H3,(H,22,25)(H,23,26). The monoisotopic (exact) mass is 460 g/mol. The van der Waals surface area contributed by atoms with E-state index in [0.717, 1.165) is 42.3 Å². The Hall–Kier alpha value is -2.45. The molecule has 28 heavy (non-hydrogen) atoms. The molecule has 1 heterocycles. The SMILES string of the molecule is CC(C)=NNc1nc2cc(C)c(NC(=O)COc3ccc(Br)cc3)c(C)c2s1. The van der Waals surface area contributed by atoms with Crippen LogP contribution in [0.4, 0.5) is 10.8 Å². The summed E-state index contributed by atoms with van der Waals surface area (Å²) < 4.78 is 7.53. The molecule has 0 aliphatic heterocycles. The van der Waals surface area contributed by atoms with Crippen LogP contribution in [0.3, 0.4) is 0 Å². The number of aryl methyl sites for hydroxylation is 2. The highest BCUT2D eigenvalue weighted by atomic mass is 79.9. The third kappa shape index (κ3) is 4.88. The predicted octanol–water partition coefficient (Wildman–Crippen LogP) is 5.50. The summed E-state index contributed by atoms with van der Waals surface area (Å²) >= 11 is 4.88. The molecule has 0 aliphatic rings. The van der Waals surface area contributed by atoms with Gasteiger partial charge in [-0.15, -0.1) is 0 Å². The highest BCUT2D eigenvalue weighted by Gasteiger charge is 2.15. The van der Waals surface area contributed by atoms with Crippen LogP contribution in [0.25, 0.3) is 10.2 Å². The summed E-state index contributed by atoms with van der Waals surface area (Å²) in [6, 6.07) is 9.33. The zero-order valence-corrected chi connectivity index (χ0v) is 18.5. The number of hydrogen-bond acceptors (Lipinski definition) is 6. The van der Waals surface area contributed by atoms with Gasteiger partial charge in [0.05, 0.1) is 10.2 Å². The molecule has 0 fully saturated rings. The average Bonchev–Trinajstić information content (AvgIpc) is 3.06.